The van der Waals surface area contributed by atoms with Crippen molar-refractivity contribution in [1.82, 2.24) is 0 Å². The first-order chi connectivity index (χ1) is 7.97. The van der Waals surface area contributed by atoms with Crippen LogP contribution in [0, 0.1) is 0 Å². The van der Waals surface area contributed by atoms with Gasteiger partial charge in [-0.3, -0.25) is 0 Å². The van der Waals surface area contributed by atoms with E-state index in [0.717, 1.165) is 11.1 Å². The first-order valence-electron chi connectivity index (χ1n) is 5.46. The summed E-state index contributed by atoms with van der Waals surface area (Å²) in [4.78, 5) is 11.4. The van der Waals surface area contributed by atoms with Crippen LogP contribution in [0.1, 0.15) is 26.3 Å². The van der Waals surface area contributed by atoms with Crippen molar-refractivity contribution in [3.05, 3.63) is 42.2 Å². The summed E-state index contributed by atoms with van der Waals surface area (Å²) in [5, 5.41) is 0. The van der Waals surface area contributed by atoms with Gasteiger partial charge in [0, 0.05) is 0 Å². The summed E-state index contributed by atoms with van der Waals surface area (Å²) in [6.07, 6.45) is 1.59. The van der Waals surface area contributed by atoms with Crippen LogP contribution >= 0.6 is 0 Å². The highest BCUT2D eigenvalue weighted by Crippen LogP contribution is 2.17. The fourth-order valence-electron chi connectivity index (χ4n) is 1.30. The molecule has 17 heavy (non-hydrogen) atoms. The normalized spacial score (nSPS) is 12.1. The maximum atomic E-state index is 11.4. The van der Waals surface area contributed by atoms with Crippen LogP contribution in [0.25, 0.3) is 5.57 Å². The Bertz CT molecular complexity index is 405. The van der Waals surface area contributed by atoms with Gasteiger partial charge in [-0.05, 0) is 31.9 Å². The minimum Gasteiger partial charge on any atom is -0.483 e. The van der Waals surface area contributed by atoms with Gasteiger partial charge in [0.1, 0.15) is 0 Å². The molecule has 0 aliphatic rings. The third kappa shape index (κ3) is 3.63. The molecule has 0 heterocycles. The number of hydrogen-bond acceptors (Lipinski definition) is 3. The van der Waals surface area contributed by atoms with E-state index in [4.69, 9.17) is 4.74 Å². The smallest absolute Gasteiger partial charge is 0.349 e. The quantitative estimate of drug-likeness (QED) is 0.593. The van der Waals surface area contributed by atoms with E-state index in [-0.39, 0.29) is 0 Å². The van der Waals surface area contributed by atoms with Crippen LogP contribution in [-0.2, 0) is 14.3 Å². The van der Waals surface area contributed by atoms with Gasteiger partial charge in [0.2, 0.25) is 0 Å². The summed E-state index contributed by atoms with van der Waals surface area (Å²) in [6, 6.07) is 9.84. The Morgan fingerprint density at radius 1 is 1.24 bits per heavy atom. The van der Waals surface area contributed by atoms with Gasteiger partial charge >= 0.3 is 5.97 Å². The van der Waals surface area contributed by atoms with Crippen LogP contribution in [-0.4, -0.2) is 18.7 Å². The number of benzene rings is 1. The Labute approximate surface area is 102 Å². The molecule has 1 aromatic carbocycles. The Morgan fingerprint density at radius 2 is 1.82 bits per heavy atom. The van der Waals surface area contributed by atoms with E-state index in [9.17, 15) is 4.79 Å². The van der Waals surface area contributed by atoms with Crippen LogP contribution < -0.4 is 0 Å². The molecule has 0 amide bonds. The Hall–Kier alpha value is -1.77. The molecule has 0 aliphatic heterocycles. The predicted octanol–water partition coefficient (Wildman–Crippen LogP) is 3.02. The van der Waals surface area contributed by atoms with E-state index < -0.39 is 11.6 Å². The largest absolute Gasteiger partial charge is 0.483 e. The molecule has 0 bridgehead atoms. The number of carbonyl (C=O) groups excluding carboxylic acids is 1. The van der Waals surface area contributed by atoms with Gasteiger partial charge in [0.05, 0.1) is 13.4 Å². The van der Waals surface area contributed by atoms with Crippen LogP contribution in [0.2, 0.25) is 0 Å². The van der Waals surface area contributed by atoms with Gasteiger partial charge < -0.3 is 9.47 Å². The molecule has 0 N–H and O–H groups in total. The summed E-state index contributed by atoms with van der Waals surface area (Å²) < 4.78 is 10.1. The van der Waals surface area contributed by atoms with Gasteiger partial charge in [-0.15, -0.1) is 0 Å². The molecule has 0 fully saturated rings. The number of carbonyl (C=O) groups is 1. The first-order valence-corrected chi connectivity index (χ1v) is 5.46. The number of rotatable bonds is 4. The SMILES string of the molecule is COC(=O)C(C)(C)OC=C(C)c1ccccc1. The molecule has 3 nitrogen and oxygen atoms in total. The summed E-state index contributed by atoms with van der Waals surface area (Å²) in [6.45, 7) is 5.28. The van der Waals surface area contributed by atoms with E-state index in [1.165, 1.54) is 7.11 Å². The topological polar surface area (TPSA) is 35.5 Å². The second kappa shape index (κ2) is 5.53. The molecule has 0 radical (unpaired) electrons. The molecule has 0 unspecified atom stereocenters. The van der Waals surface area contributed by atoms with Crippen molar-refractivity contribution in [2.24, 2.45) is 0 Å². The van der Waals surface area contributed by atoms with Crippen molar-refractivity contribution in [3.8, 4) is 0 Å². The molecule has 0 atom stereocenters. The number of esters is 1. The lowest BCUT2D eigenvalue weighted by atomic mass is 10.1. The molecule has 0 saturated heterocycles. The van der Waals surface area contributed by atoms with E-state index >= 15 is 0 Å². The maximum absolute atomic E-state index is 11.4. The standard InChI is InChI=1S/C14H18O3/c1-11(12-8-6-5-7-9-12)10-17-14(2,3)13(15)16-4/h5-10H,1-4H3. The molecule has 92 valence electrons. The predicted molar refractivity (Wildman–Crippen MR) is 67.3 cm³/mol. The van der Waals surface area contributed by atoms with Crippen molar-refractivity contribution in [3.63, 3.8) is 0 Å². The van der Waals surface area contributed by atoms with E-state index in [0.29, 0.717) is 0 Å². The number of hydrogen-bond donors (Lipinski definition) is 0. The Kier molecular flexibility index (Phi) is 4.32. The van der Waals surface area contributed by atoms with Crippen molar-refractivity contribution in [1.29, 1.82) is 0 Å². The van der Waals surface area contributed by atoms with Gasteiger partial charge in [0.15, 0.2) is 5.60 Å². The summed E-state index contributed by atoms with van der Waals surface area (Å²) in [7, 11) is 1.35. The highest BCUT2D eigenvalue weighted by atomic mass is 16.6. The van der Waals surface area contributed by atoms with Gasteiger partial charge in [-0.25, -0.2) is 4.79 Å². The molecule has 0 aromatic heterocycles. The van der Waals surface area contributed by atoms with Crippen LogP contribution in [0.4, 0.5) is 0 Å². The van der Waals surface area contributed by atoms with Crippen molar-refractivity contribution in [2.45, 2.75) is 26.4 Å². The highest BCUT2D eigenvalue weighted by Gasteiger charge is 2.29. The molecule has 0 saturated carbocycles. The fourth-order valence-corrected chi connectivity index (χ4v) is 1.30. The molecule has 0 spiro atoms. The summed E-state index contributed by atoms with van der Waals surface area (Å²) in [5.74, 6) is -0.394. The highest BCUT2D eigenvalue weighted by molar-refractivity contribution is 5.78. The Morgan fingerprint density at radius 3 is 2.35 bits per heavy atom. The average molecular weight is 234 g/mol. The second-order valence-electron chi connectivity index (χ2n) is 4.29. The van der Waals surface area contributed by atoms with Crippen molar-refractivity contribution >= 4 is 11.5 Å². The van der Waals surface area contributed by atoms with E-state index in [2.05, 4.69) is 4.74 Å². The third-order valence-corrected chi connectivity index (χ3v) is 2.44. The van der Waals surface area contributed by atoms with Crippen LogP contribution in [0.15, 0.2) is 36.6 Å². The molecular formula is C14H18O3. The third-order valence-electron chi connectivity index (χ3n) is 2.44. The maximum Gasteiger partial charge on any atom is 0.349 e. The monoisotopic (exact) mass is 234 g/mol. The number of ether oxygens (including phenoxy) is 2. The lowest BCUT2D eigenvalue weighted by Crippen LogP contribution is -2.34. The molecular weight excluding hydrogens is 216 g/mol. The molecule has 1 rings (SSSR count). The molecule has 0 aliphatic carbocycles. The zero-order valence-electron chi connectivity index (χ0n) is 10.7. The summed E-state index contributed by atoms with van der Waals surface area (Å²) in [5.41, 5.74) is 1.06. The average Bonchev–Trinajstić information content (AvgIpc) is 2.36. The first kappa shape index (κ1) is 13.3. The van der Waals surface area contributed by atoms with Crippen LogP contribution in [0.3, 0.4) is 0 Å². The Balaban J connectivity index is 2.75. The lowest BCUT2D eigenvalue weighted by Gasteiger charge is -2.21. The van der Waals surface area contributed by atoms with Crippen molar-refractivity contribution in [2.75, 3.05) is 7.11 Å². The minimum absolute atomic E-state index is 0.394. The van der Waals surface area contributed by atoms with Gasteiger partial charge in [0.25, 0.3) is 0 Å². The zero-order chi connectivity index (χ0) is 12.9. The molecule has 1 aromatic rings. The zero-order valence-corrected chi connectivity index (χ0v) is 10.7. The minimum atomic E-state index is -0.967. The fraction of sp³-hybridized carbons (Fsp3) is 0.357. The lowest BCUT2D eigenvalue weighted by molar-refractivity contribution is -0.159. The second-order valence-corrected chi connectivity index (χ2v) is 4.29. The molecule has 3 heteroatoms. The summed E-state index contributed by atoms with van der Waals surface area (Å²) >= 11 is 0. The van der Waals surface area contributed by atoms with Crippen molar-refractivity contribution < 1.29 is 14.3 Å². The van der Waals surface area contributed by atoms with E-state index in [1.807, 2.05) is 37.3 Å². The van der Waals surface area contributed by atoms with Gasteiger partial charge in [-0.2, -0.15) is 0 Å². The van der Waals surface area contributed by atoms with Crippen LogP contribution in [0.5, 0.6) is 0 Å². The number of methoxy groups -OCH3 is 1. The number of allylic oxidation sites excluding steroid dienone is 1. The van der Waals surface area contributed by atoms with E-state index in [1.54, 1.807) is 20.1 Å². The van der Waals surface area contributed by atoms with Gasteiger partial charge in [-0.1, -0.05) is 30.3 Å².